The number of ketones is 1. The van der Waals surface area contributed by atoms with Crippen molar-refractivity contribution >= 4 is 17.7 Å². The van der Waals surface area contributed by atoms with Crippen molar-refractivity contribution in [3.63, 3.8) is 0 Å². The highest BCUT2D eigenvalue weighted by molar-refractivity contribution is 5.92. The Balaban J connectivity index is 1.49. The second-order valence-corrected chi connectivity index (χ2v) is 11.0. The molecule has 6 nitrogen and oxygen atoms in total. The summed E-state index contributed by atoms with van der Waals surface area (Å²) in [5.41, 5.74) is -0.175. The molecule has 0 aromatic rings. The van der Waals surface area contributed by atoms with Crippen LogP contribution in [0.15, 0.2) is 11.6 Å². The van der Waals surface area contributed by atoms with Crippen molar-refractivity contribution in [1.29, 1.82) is 0 Å². The van der Waals surface area contributed by atoms with E-state index in [0.717, 1.165) is 37.7 Å². The minimum absolute atomic E-state index is 0.0303. The number of fused-ring (bicyclic) bond motifs is 4. The van der Waals surface area contributed by atoms with Gasteiger partial charge >= 0.3 is 11.9 Å². The number of carbonyl (C=O) groups excluding carboxylic acids is 3. The molecular formula is C24H30O6. The Hall–Kier alpha value is -1.69. The summed E-state index contributed by atoms with van der Waals surface area (Å²) >= 11 is 0. The zero-order chi connectivity index (χ0) is 21.1. The molecule has 162 valence electrons. The standard InChI is InChI=1S/C24H30O6/c1-21-7-4-14(25)10-13(21)11-15(20(27)28-3)19-16-5-8-23(9-6-18(26)30-23)22(16,2)12-17-24(19,21)29-17/h10,15-17,19H,4-9,11-12H2,1-3H3/t15-,16+,17+,19+,21+,22+,23-,24-/m1/s1. The third-order valence-corrected chi connectivity index (χ3v) is 10.2. The van der Waals surface area contributed by atoms with Crippen LogP contribution in [-0.2, 0) is 28.6 Å². The van der Waals surface area contributed by atoms with E-state index in [-0.39, 0.29) is 52.4 Å². The summed E-state index contributed by atoms with van der Waals surface area (Å²) in [4.78, 5) is 37.4. The molecule has 2 aliphatic heterocycles. The molecule has 0 N–H and O–H groups in total. The Morgan fingerprint density at radius 3 is 2.67 bits per heavy atom. The van der Waals surface area contributed by atoms with Gasteiger partial charge in [-0.3, -0.25) is 14.4 Å². The van der Waals surface area contributed by atoms with Gasteiger partial charge in [0.2, 0.25) is 0 Å². The largest absolute Gasteiger partial charge is 0.469 e. The zero-order valence-electron chi connectivity index (χ0n) is 18.0. The van der Waals surface area contributed by atoms with Crippen molar-refractivity contribution in [3.05, 3.63) is 11.6 Å². The van der Waals surface area contributed by atoms with E-state index < -0.39 is 11.2 Å². The van der Waals surface area contributed by atoms with Gasteiger partial charge in [0.05, 0.1) is 19.1 Å². The summed E-state index contributed by atoms with van der Waals surface area (Å²) in [5, 5.41) is 0. The van der Waals surface area contributed by atoms with Crippen molar-refractivity contribution in [3.8, 4) is 0 Å². The highest BCUT2D eigenvalue weighted by Gasteiger charge is 2.83. The van der Waals surface area contributed by atoms with Crippen molar-refractivity contribution < 1.29 is 28.6 Å². The lowest BCUT2D eigenvalue weighted by Crippen LogP contribution is -2.63. The topological polar surface area (TPSA) is 82.2 Å². The van der Waals surface area contributed by atoms with Crippen LogP contribution in [0.1, 0.15) is 65.2 Å². The molecule has 5 fully saturated rings. The SMILES string of the molecule is COC(=O)[C@@H]1CC2=CC(=O)CC[C@]2(C)[C@@]23O[C@H]2C[C@@]2(C)[C@@H](CC[C@@]24CCC(=O)O4)[C@H]13. The van der Waals surface area contributed by atoms with Crippen molar-refractivity contribution in [2.45, 2.75) is 82.5 Å². The second kappa shape index (κ2) is 5.56. The van der Waals surface area contributed by atoms with Crippen LogP contribution in [0.25, 0.3) is 0 Å². The Labute approximate surface area is 176 Å². The monoisotopic (exact) mass is 414 g/mol. The minimum Gasteiger partial charge on any atom is -0.469 e. The van der Waals surface area contributed by atoms with Crippen LogP contribution in [0.4, 0.5) is 0 Å². The van der Waals surface area contributed by atoms with E-state index in [1.54, 1.807) is 6.08 Å². The van der Waals surface area contributed by atoms with Gasteiger partial charge < -0.3 is 14.2 Å². The van der Waals surface area contributed by atoms with Crippen LogP contribution in [0.5, 0.6) is 0 Å². The van der Waals surface area contributed by atoms with E-state index in [0.29, 0.717) is 19.3 Å². The Kier molecular flexibility index (Phi) is 3.53. The first-order valence-corrected chi connectivity index (χ1v) is 11.4. The summed E-state index contributed by atoms with van der Waals surface area (Å²) in [6, 6.07) is 0. The zero-order valence-corrected chi connectivity index (χ0v) is 18.0. The van der Waals surface area contributed by atoms with Gasteiger partial charge in [-0.1, -0.05) is 19.4 Å². The molecule has 4 aliphatic carbocycles. The fraction of sp³-hybridized carbons (Fsp3) is 0.792. The Morgan fingerprint density at radius 2 is 1.97 bits per heavy atom. The summed E-state index contributed by atoms with van der Waals surface area (Å²) in [6.45, 7) is 4.51. The number of methoxy groups -OCH3 is 1. The van der Waals surface area contributed by atoms with Gasteiger partial charge in [-0.15, -0.1) is 0 Å². The maximum Gasteiger partial charge on any atom is 0.309 e. The molecule has 6 heteroatoms. The average molecular weight is 414 g/mol. The Morgan fingerprint density at radius 1 is 1.17 bits per heavy atom. The summed E-state index contributed by atoms with van der Waals surface area (Å²) < 4.78 is 17.9. The average Bonchev–Trinajstić information content (AvgIpc) is 3.20. The molecule has 0 aromatic heterocycles. The van der Waals surface area contributed by atoms with E-state index in [2.05, 4.69) is 13.8 Å². The lowest BCUT2D eigenvalue weighted by molar-refractivity contribution is -0.172. The number of esters is 2. The van der Waals surface area contributed by atoms with E-state index in [1.807, 2.05) is 0 Å². The first kappa shape index (κ1) is 19.0. The van der Waals surface area contributed by atoms with Gasteiger partial charge in [0.25, 0.3) is 0 Å². The molecular weight excluding hydrogens is 384 g/mol. The summed E-state index contributed by atoms with van der Waals surface area (Å²) in [5.74, 6) is -0.201. The lowest BCUT2D eigenvalue weighted by Gasteiger charge is -2.58. The maximum absolute atomic E-state index is 13.0. The number of rotatable bonds is 1. The molecule has 30 heavy (non-hydrogen) atoms. The first-order valence-electron chi connectivity index (χ1n) is 11.4. The van der Waals surface area contributed by atoms with Crippen LogP contribution in [0, 0.1) is 28.6 Å². The number of ether oxygens (including phenoxy) is 3. The molecule has 0 aromatic carbocycles. The number of hydrogen-bond acceptors (Lipinski definition) is 6. The number of carbonyl (C=O) groups is 3. The molecule has 2 spiro atoms. The molecule has 0 bridgehead atoms. The van der Waals surface area contributed by atoms with Gasteiger partial charge in [-0.05, 0) is 50.5 Å². The summed E-state index contributed by atoms with van der Waals surface area (Å²) in [7, 11) is 1.45. The van der Waals surface area contributed by atoms with Gasteiger partial charge in [0, 0.05) is 29.6 Å². The van der Waals surface area contributed by atoms with Crippen molar-refractivity contribution in [1.82, 2.24) is 0 Å². The molecule has 2 saturated heterocycles. The second-order valence-electron chi connectivity index (χ2n) is 11.0. The van der Waals surface area contributed by atoms with E-state index in [9.17, 15) is 14.4 Å². The molecule has 3 saturated carbocycles. The van der Waals surface area contributed by atoms with Gasteiger partial charge in [0.1, 0.15) is 11.2 Å². The third kappa shape index (κ3) is 1.94. The quantitative estimate of drug-likeness (QED) is 0.484. The predicted molar refractivity (Wildman–Crippen MR) is 105 cm³/mol. The van der Waals surface area contributed by atoms with E-state index >= 15 is 0 Å². The van der Waals surface area contributed by atoms with Gasteiger partial charge in [0.15, 0.2) is 5.78 Å². The molecule has 6 rings (SSSR count). The fourth-order valence-electron chi connectivity index (χ4n) is 8.69. The molecule has 2 heterocycles. The molecule has 6 aliphatic rings. The maximum atomic E-state index is 13.0. The van der Waals surface area contributed by atoms with Crippen LogP contribution in [0.3, 0.4) is 0 Å². The molecule has 0 amide bonds. The fourth-order valence-corrected chi connectivity index (χ4v) is 8.69. The highest BCUT2D eigenvalue weighted by atomic mass is 16.6. The first-order chi connectivity index (χ1) is 14.2. The lowest BCUT2D eigenvalue weighted by atomic mass is 9.43. The van der Waals surface area contributed by atoms with E-state index in [4.69, 9.17) is 14.2 Å². The van der Waals surface area contributed by atoms with Crippen LogP contribution < -0.4 is 0 Å². The van der Waals surface area contributed by atoms with Crippen LogP contribution in [0.2, 0.25) is 0 Å². The molecule has 0 unspecified atom stereocenters. The van der Waals surface area contributed by atoms with Crippen LogP contribution >= 0.6 is 0 Å². The predicted octanol–water partition coefficient (Wildman–Crippen LogP) is 3.12. The highest BCUT2D eigenvalue weighted by Crippen LogP contribution is 2.78. The van der Waals surface area contributed by atoms with Gasteiger partial charge in [-0.2, -0.15) is 0 Å². The minimum atomic E-state index is -0.424. The summed E-state index contributed by atoms with van der Waals surface area (Å²) in [6.07, 6.45) is 7.61. The van der Waals surface area contributed by atoms with Crippen LogP contribution in [-0.4, -0.2) is 42.1 Å². The van der Waals surface area contributed by atoms with E-state index in [1.165, 1.54) is 7.11 Å². The van der Waals surface area contributed by atoms with Crippen molar-refractivity contribution in [2.75, 3.05) is 7.11 Å². The normalized spacial score (nSPS) is 53.2. The third-order valence-electron chi connectivity index (χ3n) is 10.2. The smallest absolute Gasteiger partial charge is 0.309 e. The molecule has 8 atom stereocenters. The van der Waals surface area contributed by atoms with Gasteiger partial charge in [-0.25, -0.2) is 0 Å². The van der Waals surface area contributed by atoms with Crippen molar-refractivity contribution in [2.24, 2.45) is 28.6 Å². The number of hydrogen-bond donors (Lipinski definition) is 0. The molecule has 0 radical (unpaired) electrons. The number of epoxide rings is 1. The Bertz CT molecular complexity index is 907.